The number of para-hydroxylation sites is 1. The summed E-state index contributed by atoms with van der Waals surface area (Å²) in [5.41, 5.74) is 7.82. The molecule has 1 aromatic carbocycles. The number of benzene rings is 1. The molecule has 1 rings (SSSR count). The normalized spacial score (nSPS) is 10.3. The first-order valence-corrected chi connectivity index (χ1v) is 6.47. The minimum Gasteiger partial charge on any atom is -0.396 e. The van der Waals surface area contributed by atoms with Crippen LogP contribution in [0.5, 0.6) is 0 Å². The van der Waals surface area contributed by atoms with Gasteiger partial charge in [-0.25, -0.2) is 0 Å². The summed E-state index contributed by atoms with van der Waals surface area (Å²) < 4.78 is 0. The van der Waals surface area contributed by atoms with E-state index in [9.17, 15) is 0 Å². The second kappa shape index (κ2) is 7.57. The summed E-state index contributed by atoms with van der Waals surface area (Å²) in [5, 5.41) is 12.2. The van der Waals surface area contributed by atoms with E-state index >= 15 is 0 Å². The molecule has 0 amide bonds. The lowest BCUT2D eigenvalue weighted by Gasteiger charge is -2.20. The van der Waals surface area contributed by atoms with Crippen molar-refractivity contribution in [1.82, 2.24) is 4.90 Å². The first kappa shape index (κ1) is 14.3. The van der Waals surface area contributed by atoms with Crippen molar-refractivity contribution in [3.63, 3.8) is 0 Å². The zero-order chi connectivity index (χ0) is 13.4. The summed E-state index contributed by atoms with van der Waals surface area (Å²) in [4.78, 5) is 2.39. The van der Waals surface area contributed by atoms with E-state index in [1.165, 1.54) is 6.42 Å². The van der Waals surface area contributed by atoms with Gasteiger partial charge in [-0.3, -0.25) is 0 Å². The molecule has 18 heavy (non-hydrogen) atoms. The third-order valence-corrected chi connectivity index (χ3v) is 2.96. The van der Waals surface area contributed by atoms with Gasteiger partial charge >= 0.3 is 0 Å². The fourth-order valence-electron chi connectivity index (χ4n) is 1.91. The van der Waals surface area contributed by atoms with Crippen molar-refractivity contribution in [2.75, 3.05) is 37.2 Å². The van der Waals surface area contributed by atoms with Crippen molar-refractivity contribution < 1.29 is 0 Å². The van der Waals surface area contributed by atoms with Crippen molar-refractivity contribution >= 4 is 11.4 Å². The molecule has 0 heterocycles. The molecule has 0 aromatic heterocycles. The summed E-state index contributed by atoms with van der Waals surface area (Å²) in [6.45, 7) is 8.35. The number of hydrogen-bond acceptors (Lipinski definition) is 4. The number of nitriles is 1. The van der Waals surface area contributed by atoms with Crippen molar-refractivity contribution in [2.45, 2.75) is 20.3 Å². The zero-order valence-electron chi connectivity index (χ0n) is 11.2. The third-order valence-electron chi connectivity index (χ3n) is 2.96. The Balaban J connectivity index is 2.51. The van der Waals surface area contributed by atoms with Crippen LogP contribution in [0.1, 0.15) is 25.8 Å². The van der Waals surface area contributed by atoms with Gasteiger partial charge in [-0.2, -0.15) is 5.26 Å². The molecule has 0 saturated heterocycles. The molecule has 3 N–H and O–H groups in total. The molecule has 0 saturated carbocycles. The Bertz CT molecular complexity index is 409. The number of nitrogens with one attached hydrogen (secondary N) is 1. The minimum absolute atomic E-state index is 0.529. The van der Waals surface area contributed by atoms with Crippen LogP contribution in [-0.4, -0.2) is 31.1 Å². The summed E-state index contributed by atoms with van der Waals surface area (Å²) in [6, 6.07) is 7.58. The smallest absolute Gasteiger partial charge is 0.101 e. The monoisotopic (exact) mass is 246 g/mol. The number of nitrogens with two attached hydrogens (primary N) is 1. The summed E-state index contributed by atoms with van der Waals surface area (Å²) in [5.74, 6) is 0. The van der Waals surface area contributed by atoms with Gasteiger partial charge in [0.1, 0.15) is 6.07 Å². The van der Waals surface area contributed by atoms with E-state index in [0.717, 1.165) is 31.9 Å². The Labute approximate surface area is 109 Å². The predicted octanol–water partition coefficient (Wildman–Crippen LogP) is 2.28. The van der Waals surface area contributed by atoms with Crippen LogP contribution < -0.4 is 11.1 Å². The maximum Gasteiger partial charge on any atom is 0.101 e. The highest BCUT2D eigenvalue weighted by atomic mass is 15.1. The first-order chi connectivity index (χ1) is 8.72. The van der Waals surface area contributed by atoms with E-state index < -0.39 is 0 Å². The Morgan fingerprint density at radius 1 is 1.33 bits per heavy atom. The van der Waals surface area contributed by atoms with Crippen LogP contribution in [-0.2, 0) is 0 Å². The molecule has 0 radical (unpaired) electrons. The second-order valence-electron chi connectivity index (χ2n) is 4.24. The van der Waals surface area contributed by atoms with E-state index in [4.69, 9.17) is 11.0 Å². The van der Waals surface area contributed by atoms with Crippen LogP contribution in [0.3, 0.4) is 0 Å². The highest BCUT2D eigenvalue weighted by Crippen LogP contribution is 2.21. The average Bonchev–Trinajstić information content (AvgIpc) is 2.39. The number of likely N-dealkylation sites (N-methyl/N-ethyl adjacent to an activating group) is 1. The Morgan fingerprint density at radius 3 is 2.72 bits per heavy atom. The lowest BCUT2D eigenvalue weighted by atomic mass is 10.1. The van der Waals surface area contributed by atoms with E-state index in [2.05, 4.69) is 30.1 Å². The fraction of sp³-hybridized carbons (Fsp3) is 0.500. The molecule has 4 nitrogen and oxygen atoms in total. The Kier molecular flexibility index (Phi) is 6.03. The predicted molar refractivity (Wildman–Crippen MR) is 76.5 cm³/mol. The zero-order valence-corrected chi connectivity index (χ0v) is 11.2. The molecule has 0 fully saturated rings. The van der Waals surface area contributed by atoms with Gasteiger partial charge in [0.15, 0.2) is 0 Å². The van der Waals surface area contributed by atoms with Crippen molar-refractivity contribution in [3.05, 3.63) is 23.8 Å². The van der Waals surface area contributed by atoms with Crippen molar-refractivity contribution in [1.29, 1.82) is 5.26 Å². The molecule has 0 aliphatic carbocycles. The fourth-order valence-corrected chi connectivity index (χ4v) is 1.91. The number of rotatable bonds is 7. The van der Waals surface area contributed by atoms with E-state index in [-0.39, 0.29) is 0 Å². The second-order valence-corrected chi connectivity index (χ2v) is 4.24. The Morgan fingerprint density at radius 2 is 2.11 bits per heavy atom. The maximum absolute atomic E-state index is 8.90. The van der Waals surface area contributed by atoms with Crippen LogP contribution in [0, 0.1) is 11.3 Å². The van der Waals surface area contributed by atoms with Crippen LogP contribution in [0.15, 0.2) is 18.2 Å². The summed E-state index contributed by atoms with van der Waals surface area (Å²) >= 11 is 0. The minimum atomic E-state index is 0.529. The van der Waals surface area contributed by atoms with Gasteiger partial charge in [0.25, 0.3) is 0 Å². The standard InChI is InChI=1S/C14H22N4/c1-3-9-18(4-2)10-8-17-13-7-5-6-12(11-15)14(13)16/h5-7,17H,3-4,8-10,16H2,1-2H3. The highest BCUT2D eigenvalue weighted by Gasteiger charge is 2.04. The molecular formula is C14H22N4. The van der Waals surface area contributed by atoms with Gasteiger partial charge in [0.05, 0.1) is 16.9 Å². The van der Waals surface area contributed by atoms with Gasteiger partial charge in [0, 0.05) is 13.1 Å². The maximum atomic E-state index is 8.90. The molecular weight excluding hydrogens is 224 g/mol. The molecule has 0 unspecified atom stereocenters. The molecule has 98 valence electrons. The van der Waals surface area contributed by atoms with Crippen molar-refractivity contribution in [2.24, 2.45) is 0 Å². The molecule has 4 heteroatoms. The van der Waals surface area contributed by atoms with Gasteiger partial charge in [0.2, 0.25) is 0 Å². The van der Waals surface area contributed by atoms with Crippen molar-refractivity contribution in [3.8, 4) is 6.07 Å². The van der Waals surface area contributed by atoms with Crippen LogP contribution in [0.25, 0.3) is 0 Å². The lowest BCUT2D eigenvalue weighted by Crippen LogP contribution is -2.29. The molecule has 0 spiro atoms. The van der Waals surface area contributed by atoms with Gasteiger partial charge in [-0.1, -0.05) is 19.9 Å². The molecule has 1 aromatic rings. The van der Waals surface area contributed by atoms with Crippen LogP contribution >= 0.6 is 0 Å². The van der Waals surface area contributed by atoms with Gasteiger partial charge in [-0.05, 0) is 31.6 Å². The summed E-state index contributed by atoms with van der Waals surface area (Å²) in [7, 11) is 0. The van der Waals surface area contributed by atoms with Crippen LogP contribution in [0.4, 0.5) is 11.4 Å². The third kappa shape index (κ3) is 3.94. The Hall–Kier alpha value is -1.73. The molecule has 0 aliphatic rings. The lowest BCUT2D eigenvalue weighted by molar-refractivity contribution is 0.300. The number of nitrogens with zero attached hydrogens (tertiary/aromatic N) is 2. The topological polar surface area (TPSA) is 65.1 Å². The quantitative estimate of drug-likeness (QED) is 0.724. The van der Waals surface area contributed by atoms with Crippen LogP contribution in [0.2, 0.25) is 0 Å². The van der Waals surface area contributed by atoms with E-state index in [0.29, 0.717) is 11.3 Å². The molecule has 0 atom stereocenters. The van der Waals surface area contributed by atoms with Gasteiger partial charge in [-0.15, -0.1) is 0 Å². The van der Waals surface area contributed by atoms with E-state index in [1.807, 2.05) is 12.1 Å². The average molecular weight is 246 g/mol. The summed E-state index contributed by atoms with van der Waals surface area (Å²) in [6.07, 6.45) is 1.17. The highest BCUT2D eigenvalue weighted by molar-refractivity contribution is 5.72. The molecule has 0 bridgehead atoms. The first-order valence-electron chi connectivity index (χ1n) is 6.47. The van der Waals surface area contributed by atoms with Gasteiger partial charge < -0.3 is 16.0 Å². The molecule has 0 aliphatic heterocycles. The number of nitrogen functional groups attached to an aromatic ring is 1. The number of anilines is 2. The largest absolute Gasteiger partial charge is 0.396 e. The van der Waals surface area contributed by atoms with E-state index in [1.54, 1.807) is 6.07 Å². The number of hydrogen-bond donors (Lipinski definition) is 2. The SMILES string of the molecule is CCCN(CC)CCNc1cccc(C#N)c1N.